The summed E-state index contributed by atoms with van der Waals surface area (Å²) in [5.74, 6) is -0.395. The van der Waals surface area contributed by atoms with Crippen LogP contribution in [0.5, 0.6) is 0 Å². The van der Waals surface area contributed by atoms with Crippen molar-refractivity contribution < 1.29 is 24.2 Å². The van der Waals surface area contributed by atoms with Crippen molar-refractivity contribution >= 4 is 12.1 Å². The van der Waals surface area contributed by atoms with Gasteiger partial charge in [0, 0.05) is 18.6 Å². The third-order valence-corrected chi connectivity index (χ3v) is 1.17. The molecule has 0 aliphatic heterocycles. The smallest absolute Gasteiger partial charge is 0.404 e. The van der Waals surface area contributed by atoms with Crippen molar-refractivity contribution in [3.8, 4) is 0 Å². The molecular formula is C10H19NO5. The number of carbonyl (C=O) groups excluding carboxylic acids is 2. The van der Waals surface area contributed by atoms with Gasteiger partial charge in [0.1, 0.15) is 0 Å². The van der Waals surface area contributed by atoms with Gasteiger partial charge in [0.05, 0.1) is 13.2 Å². The average Bonchev–Trinajstić information content (AvgIpc) is 2.18. The summed E-state index contributed by atoms with van der Waals surface area (Å²) in [6.07, 6.45) is -0.226. The van der Waals surface area contributed by atoms with Crippen molar-refractivity contribution in [3.63, 3.8) is 0 Å². The minimum absolute atomic E-state index is 0.0451. The van der Waals surface area contributed by atoms with Crippen molar-refractivity contribution in [2.45, 2.75) is 20.3 Å². The van der Waals surface area contributed by atoms with E-state index in [0.29, 0.717) is 18.6 Å². The van der Waals surface area contributed by atoms with Gasteiger partial charge in [0.2, 0.25) is 0 Å². The van der Waals surface area contributed by atoms with Gasteiger partial charge in [-0.1, -0.05) is 6.58 Å². The molecule has 16 heavy (non-hydrogen) atoms. The summed E-state index contributed by atoms with van der Waals surface area (Å²) in [6, 6.07) is 0. The number of primary amides is 1. The fraction of sp³-hybridized carbons (Fsp3) is 0.600. The Bertz CT molecular complexity index is 227. The number of hydrogen-bond acceptors (Lipinski definition) is 5. The molecule has 94 valence electrons. The van der Waals surface area contributed by atoms with E-state index < -0.39 is 12.1 Å². The van der Waals surface area contributed by atoms with Gasteiger partial charge in [-0.15, -0.1) is 0 Å². The van der Waals surface area contributed by atoms with Crippen LogP contribution in [0.15, 0.2) is 12.2 Å². The summed E-state index contributed by atoms with van der Waals surface area (Å²) in [6.45, 7) is 7.35. The monoisotopic (exact) mass is 233 g/mol. The average molecular weight is 233 g/mol. The van der Waals surface area contributed by atoms with Crippen LogP contribution in [0.2, 0.25) is 0 Å². The van der Waals surface area contributed by atoms with Crippen molar-refractivity contribution in [2.75, 3.05) is 19.8 Å². The number of amides is 1. The van der Waals surface area contributed by atoms with Gasteiger partial charge in [-0.2, -0.15) is 0 Å². The maximum absolute atomic E-state index is 10.6. The van der Waals surface area contributed by atoms with Crippen molar-refractivity contribution in [1.82, 2.24) is 0 Å². The fourth-order valence-corrected chi connectivity index (χ4v) is 0.495. The van der Waals surface area contributed by atoms with E-state index in [1.807, 2.05) is 0 Å². The molecule has 0 saturated heterocycles. The Labute approximate surface area is 95.0 Å². The largest absolute Gasteiger partial charge is 0.462 e. The topological polar surface area (TPSA) is 98.8 Å². The number of hydrogen-bond donors (Lipinski definition) is 2. The second kappa shape index (κ2) is 11.5. The number of aliphatic hydroxyl groups is 1. The minimum atomic E-state index is -0.711. The van der Waals surface area contributed by atoms with Crippen LogP contribution < -0.4 is 5.73 Å². The molecule has 0 aliphatic carbocycles. The Morgan fingerprint density at radius 2 is 1.94 bits per heavy atom. The molecule has 1 amide bonds. The first-order chi connectivity index (χ1) is 7.45. The molecule has 0 aliphatic rings. The van der Waals surface area contributed by atoms with Crippen molar-refractivity contribution in [3.05, 3.63) is 12.2 Å². The maximum atomic E-state index is 10.6. The molecule has 6 nitrogen and oxygen atoms in total. The Kier molecular flexibility index (Phi) is 12.1. The van der Waals surface area contributed by atoms with Crippen LogP contribution in [-0.4, -0.2) is 37.0 Å². The predicted molar refractivity (Wildman–Crippen MR) is 58.7 cm³/mol. The van der Waals surface area contributed by atoms with E-state index in [2.05, 4.69) is 21.8 Å². The highest BCUT2D eigenvalue weighted by Crippen LogP contribution is 1.92. The SMILES string of the molecule is C=C(C)C(=O)OCCCO.CCOC(N)=O. The molecule has 0 rings (SSSR count). The number of nitrogens with two attached hydrogens (primary N) is 1. The lowest BCUT2D eigenvalue weighted by Crippen LogP contribution is -2.11. The highest BCUT2D eigenvalue weighted by atomic mass is 16.5. The summed E-state index contributed by atoms with van der Waals surface area (Å²) >= 11 is 0. The molecule has 0 aromatic rings. The quantitative estimate of drug-likeness (QED) is 0.411. The van der Waals surface area contributed by atoms with E-state index in [1.165, 1.54) is 0 Å². The summed E-state index contributed by atoms with van der Waals surface area (Å²) in [5, 5.41) is 8.30. The second-order valence-corrected chi connectivity index (χ2v) is 2.75. The summed E-state index contributed by atoms with van der Waals surface area (Å²) in [5.41, 5.74) is 4.93. The van der Waals surface area contributed by atoms with Crippen molar-refractivity contribution in [2.24, 2.45) is 5.73 Å². The van der Waals surface area contributed by atoms with Crippen molar-refractivity contribution in [1.29, 1.82) is 0 Å². The van der Waals surface area contributed by atoms with E-state index in [4.69, 9.17) is 5.11 Å². The molecule has 0 saturated carbocycles. The standard InChI is InChI=1S/C7H12O3.C3H7NO2/c1-6(2)7(9)10-5-3-4-8;1-2-6-3(4)5/h8H,1,3-5H2,2H3;2H2,1H3,(H2,4,5). The third-order valence-electron chi connectivity index (χ3n) is 1.17. The molecule has 0 aromatic heterocycles. The first kappa shape index (κ1) is 16.9. The van der Waals surface area contributed by atoms with Gasteiger partial charge in [-0.25, -0.2) is 9.59 Å². The Hall–Kier alpha value is -1.56. The van der Waals surface area contributed by atoms with Crippen LogP contribution in [0.4, 0.5) is 4.79 Å². The molecule has 0 spiro atoms. The number of rotatable bonds is 5. The van der Waals surface area contributed by atoms with Gasteiger partial charge in [-0.3, -0.25) is 0 Å². The van der Waals surface area contributed by atoms with E-state index in [1.54, 1.807) is 13.8 Å². The molecule has 0 aromatic carbocycles. The van der Waals surface area contributed by atoms with Gasteiger partial charge in [0.25, 0.3) is 0 Å². The first-order valence-corrected chi connectivity index (χ1v) is 4.81. The highest BCUT2D eigenvalue weighted by molar-refractivity contribution is 5.86. The maximum Gasteiger partial charge on any atom is 0.404 e. The Morgan fingerprint density at radius 1 is 1.38 bits per heavy atom. The normalized spacial score (nSPS) is 8.44. The van der Waals surface area contributed by atoms with E-state index >= 15 is 0 Å². The van der Waals surface area contributed by atoms with E-state index in [-0.39, 0.29) is 13.2 Å². The van der Waals surface area contributed by atoms with E-state index in [0.717, 1.165) is 0 Å². The van der Waals surface area contributed by atoms with Crippen LogP contribution in [0, 0.1) is 0 Å². The van der Waals surface area contributed by atoms with Crippen LogP contribution in [-0.2, 0) is 14.3 Å². The number of aliphatic hydroxyl groups excluding tert-OH is 1. The van der Waals surface area contributed by atoms with Gasteiger partial charge in [-0.05, 0) is 13.8 Å². The molecule has 0 unspecified atom stereocenters. The zero-order valence-electron chi connectivity index (χ0n) is 9.69. The molecule has 0 bridgehead atoms. The van der Waals surface area contributed by atoms with Crippen LogP contribution in [0.25, 0.3) is 0 Å². The second-order valence-electron chi connectivity index (χ2n) is 2.75. The minimum Gasteiger partial charge on any atom is -0.462 e. The van der Waals surface area contributed by atoms with Crippen LogP contribution in [0.1, 0.15) is 20.3 Å². The molecule has 0 heterocycles. The van der Waals surface area contributed by atoms with Gasteiger partial charge in [0.15, 0.2) is 0 Å². The molecule has 6 heteroatoms. The molecule has 0 radical (unpaired) electrons. The zero-order valence-corrected chi connectivity index (χ0v) is 9.69. The Morgan fingerprint density at radius 3 is 2.19 bits per heavy atom. The van der Waals surface area contributed by atoms with Gasteiger partial charge >= 0.3 is 12.1 Å². The molecule has 0 atom stereocenters. The lowest BCUT2D eigenvalue weighted by molar-refractivity contribution is -0.139. The summed E-state index contributed by atoms with van der Waals surface area (Å²) < 4.78 is 8.83. The first-order valence-electron chi connectivity index (χ1n) is 4.81. The van der Waals surface area contributed by atoms with E-state index in [9.17, 15) is 9.59 Å². The summed E-state index contributed by atoms with van der Waals surface area (Å²) in [4.78, 5) is 20.2. The zero-order chi connectivity index (χ0) is 13.0. The fourth-order valence-electron chi connectivity index (χ4n) is 0.495. The lowest BCUT2D eigenvalue weighted by Gasteiger charge is -2.00. The number of ether oxygens (including phenoxy) is 2. The predicted octanol–water partition coefficient (Wildman–Crippen LogP) is 0.590. The Balaban J connectivity index is 0. The number of esters is 1. The number of carbonyl (C=O) groups is 2. The molecular weight excluding hydrogens is 214 g/mol. The third kappa shape index (κ3) is 14.9. The highest BCUT2D eigenvalue weighted by Gasteiger charge is 2.00. The molecule has 0 fully saturated rings. The van der Waals surface area contributed by atoms with Gasteiger partial charge < -0.3 is 20.3 Å². The van der Waals surface area contributed by atoms with Crippen LogP contribution >= 0.6 is 0 Å². The molecule has 3 N–H and O–H groups in total. The lowest BCUT2D eigenvalue weighted by atomic mass is 10.4. The van der Waals surface area contributed by atoms with Crippen LogP contribution in [0.3, 0.4) is 0 Å². The summed E-state index contributed by atoms with van der Waals surface area (Å²) in [7, 11) is 0.